The van der Waals surface area contributed by atoms with Crippen molar-refractivity contribution in [3.05, 3.63) is 44.3 Å². The lowest BCUT2D eigenvalue weighted by atomic mass is 10.1. The van der Waals surface area contributed by atoms with Gasteiger partial charge in [-0.25, -0.2) is 0 Å². The number of hydrogen-bond donors (Lipinski definition) is 2. The number of hydrazine groups is 1. The van der Waals surface area contributed by atoms with E-state index in [9.17, 15) is 0 Å². The molecular formula is C11H14N2S2. The maximum absolute atomic E-state index is 5.61. The third-order valence-electron chi connectivity index (χ3n) is 2.40. The minimum absolute atomic E-state index is 0.239. The van der Waals surface area contributed by atoms with Gasteiger partial charge in [-0.1, -0.05) is 6.07 Å². The lowest BCUT2D eigenvalue weighted by molar-refractivity contribution is 0.562. The Morgan fingerprint density at radius 2 is 2.20 bits per heavy atom. The van der Waals surface area contributed by atoms with Crippen LogP contribution in [0.4, 0.5) is 0 Å². The Kier molecular flexibility index (Phi) is 3.53. The fourth-order valence-electron chi connectivity index (χ4n) is 1.60. The molecule has 2 aromatic heterocycles. The fraction of sp³-hybridized carbons (Fsp3) is 0.273. The summed E-state index contributed by atoms with van der Waals surface area (Å²) in [5.41, 5.74) is 4.22. The third kappa shape index (κ3) is 2.46. The minimum atomic E-state index is 0.239. The molecule has 2 aromatic rings. The third-order valence-corrected chi connectivity index (χ3v) is 4.44. The second-order valence-electron chi connectivity index (χ2n) is 3.47. The van der Waals surface area contributed by atoms with Crippen LogP contribution >= 0.6 is 22.7 Å². The molecule has 0 spiro atoms. The number of rotatable bonds is 4. The van der Waals surface area contributed by atoms with E-state index in [2.05, 4.69) is 41.3 Å². The van der Waals surface area contributed by atoms with Gasteiger partial charge in [0.15, 0.2) is 0 Å². The van der Waals surface area contributed by atoms with Gasteiger partial charge < -0.3 is 0 Å². The van der Waals surface area contributed by atoms with Crippen LogP contribution in [-0.4, -0.2) is 0 Å². The van der Waals surface area contributed by atoms with E-state index in [0.29, 0.717) is 0 Å². The summed E-state index contributed by atoms with van der Waals surface area (Å²) >= 11 is 3.55. The molecular weight excluding hydrogens is 224 g/mol. The van der Waals surface area contributed by atoms with E-state index < -0.39 is 0 Å². The highest BCUT2D eigenvalue weighted by atomic mass is 32.1. The highest BCUT2D eigenvalue weighted by Crippen LogP contribution is 2.27. The van der Waals surface area contributed by atoms with Crippen molar-refractivity contribution in [2.45, 2.75) is 19.4 Å². The van der Waals surface area contributed by atoms with Gasteiger partial charge in [0.05, 0.1) is 6.04 Å². The van der Waals surface area contributed by atoms with Crippen LogP contribution in [0.5, 0.6) is 0 Å². The standard InChI is InChI=1S/C11H14N2S2/c1-8-4-6-15-11(8)10(13-12)7-9-3-2-5-14-9/h2-6,10,13H,7,12H2,1H3. The molecule has 80 valence electrons. The number of aryl methyl sites for hydroxylation is 1. The van der Waals surface area contributed by atoms with E-state index in [1.807, 2.05) is 0 Å². The van der Waals surface area contributed by atoms with Crippen LogP contribution in [0.15, 0.2) is 29.0 Å². The van der Waals surface area contributed by atoms with E-state index in [1.165, 1.54) is 15.3 Å². The molecule has 15 heavy (non-hydrogen) atoms. The van der Waals surface area contributed by atoms with Crippen LogP contribution in [0.3, 0.4) is 0 Å². The average Bonchev–Trinajstić information content (AvgIpc) is 2.85. The summed E-state index contributed by atoms with van der Waals surface area (Å²) < 4.78 is 0. The lowest BCUT2D eigenvalue weighted by Crippen LogP contribution is -2.29. The van der Waals surface area contributed by atoms with Crippen molar-refractivity contribution in [1.82, 2.24) is 5.43 Å². The van der Waals surface area contributed by atoms with Gasteiger partial charge in [-0.05, 0) is 35.4 Å². The first-order valence-electron chi connectivity index (χ1n) is 4.83. The molecule has 0 saturated heterocycles. The van der Waals surface area contributed by atoms with Crippen molar-refractivity contribution in [3.8, 4) is 0 Å². The minimum Gasteiger partial charge on any atom is -0.271 e. The highest BCUT2D eigenvalue weighted by Gasteiger charge is 2.14. The Morgan fingerprint density at radius 1 is 1.33 bits per heavy atom. The van der Waals surface area contributed by atoms with Crippen molar-refractivity contribution in [3.63, 3.8) is 0 Å². The van der Waals surface area contributed by atoms with Gasteiger partial charge in [0, 0.05) is 16.2 Å². The molecule has 2 heterocycles. The molecule has 3 N–H and O–H groups in total. The van der Waals surface area contributed by atoms with E-state index in [0.717, 1.165) is 6.42 Å². The van der Waals surface area contributed by atoms with E-state index in [-0.39, 0.29) is 6.04 Å². The number of nitrogens with one attached hydrogen (secondary N) is 1. The Bertz CT molecular complexity index is 406. The van der Waals surface area contributed by atoms with E-state index in [1.54, 1.807) is 22.7 Å². The normalized spacial score (nSPS) is 12.9. The summed E-state index contributed by atoms with van der Waals surface area (Å²) in [6, 6.07) is 6.61. The van der Waals surface area contributed by atoms with Crippen molar-refractivity contribution in [2.75, 3.05) is 0 Å². The topological polar surface area (TPSA) is 38.0 Å². The molecule has 4 heteroatoms. The summed E-state index contributed by atoms with van der Waals surface area (Å²) in [7, 11) is 0. The molecule has 0 amide bonds. The summed E-state index contributed by atoms with van der Waals surface area (Å²) in [4.78, 5) is 2.71. The van der Waals surface area contributed by atoms with Gasteiger partial charge in [-0.15, -0.1) is 22.7 Å². The molecule has 0 aliphatic rings. The number of hydrogen-bond acceptors (Lipinski definition) is 4. The largest absolute Gasteiger partial charge is 0.271 e. The molecule has 0 bridgehead atoms. The maximum atomic E-state index is 5.61. The first-order valence-corrected chi connectivity index (χ1v) is 6.59. The van der Waals surface area contributed by atoms with Crippen LogP contribution < -0.4 is 11.3 Å². The van der Waals surface area contributed by atoms with E-state index >= 15 is 0 Å². The molecule has 0 saturated carbocycles. The molecule has 1 unspecified atom stereocenters. The Hall–Kier alpha value is -0.680. The number of thiophene rings is 2. The van der Waals surface area contributed by atoms with Gasteiger partial charge in [0.25, 0.3) is 0 Å². The van der Waals surface area contributed by atoms with Gasteiger partial charge in [0.2, 0.25) is 0 Å². The van der Waals surface area contributed by atoms with Gasteiger partial charge >= 0.3 is 0 Å². The van der Waals surface area contributed by atoms with Gasteiger partial charge in [-0.2, -0.15) is 0 Å². The average molecular weight is 238 g/mol. The second-order valence-corrected chi connectivity index (χ2v) is 5.45. The molecule has 2 nitrogen and oxygen atoms in total. The molecule has 0 aromatic carbocycles. The molecule has 1 atom stereocenters. The monoisotopic (exact) mass is 238 g/mol. The predicted octanol–water partition coefficient (Wildman–Crippen LogP) is 2.87. The smallest absolute Gasteiger partial charge is 0.0604 e. The first-order chi connectivity index (χ1) is 7.31. The van der Waals surface area contributed by atoms with Gasteiger partial charge in [-0.3, -0.25) is 11.3 Å². The van der Waals surface area contributed by atoms with Crippen LogP contribution in [0.1, 0.15) is 21.4 Å². The van der Waals surface area contributed by atoms with Gasteiger partial charge in [0.1, 0.15) is 0 Å². The van der Waals surface area contributed by atoms with E-state index in [4.69, 9.17) is 5.84 Å². The zero-order valence-electron chi connectivity index (χ0n) is 8.57. The summed E-state index contributed by atoms with van der Waals surface area (Å²) in [6.07, 6.45) is 0.968. The quantitative estimate of drug-likeness (QED) is 0.635. The molecule has 0 radical (unpaired) electrons. The zero-order chi connectivity index (χ0) is 10.7. The van der Waals surface area contributed by atoms with Crippen LogP contribution in [0.25, 0.3) is 0 Å². The fourth-order valence-corrected chi connectivity index (χ4v) is 3.34. The van der Waals surface area contributed by atoms with Crippen LogP contribution in [0, 0.1) is 6.92 Å². The highest BCUT2D eigenvalue weighted by molar-refractivity contribution is 7.10. The predicted molar refractivity (Wildman–Crippen MR) is 67.1 cm³/mol. The Labute approximate surface area is 97.7 Å². The second kappa shape index (κ2) is 4.90. The summed E-state index contributed by atoms with van der Waals surface area (Å²) in [5, 5.41) is 4.22. The molecule has 0 fully saturated rings. The molecule has 2 rings (SSSR count). The summed E-state index contributed by atoms with van der Waals surface area (Å²) in [6.45, 7) is 2.13. The molecule has 0 aliphatic heterocycles. The van der Waals surface area contributed by atoms with Crippen molar-refractivity contribution >= 4 is 22.7 Å². The van der Waals surface area contributed by atoms with Crippen molar-refractivity contribution in [1.29, 1.82) is 0 Å². The van der Waals surface area contributed by atoms with Crippen LogP contribution in [-0.2, 0) is 6.42 Å². The first kappa shape index (κ1) is 10.8. The SMILES string of the molecule is Cc1ccsc1C(Cc1cccs1)NN. The maximum Gasteiger partial charge on any atom is 0.0604 e. The Balaban J connectivity index is 2.15. The van der Waals surface area contributed by atoms with Crippen molar-refractivity contribution in [2.24, 2.45) is 5.84 Å². The number of nitrogens with two attached hydrogens (primary N) is 1. The summed E-state index contributed by atoms with van der Waals surface area (Å²) in [5.74, 6) is 5.61. The Morgan fingerprint density at radius 3 is 2.73 bits per heavy atom. The van der Waals surface area contributed by atoms with Crippen LogP contribution in [0.2, 0.25) is 0 Å². The lowest BCUT2D eigenvalue weighted by Gasteiger charge is -2.14. The molecule has 0 aliphatic carbocycles. The van der Waals surface area contributed by atoms with Crippen molar-refractivity contribution < 1.29 is 0 Å². The zero-order valence-corrected chi connectivity index (χ0v) is 10.2.